The van der Waals surface area contributed by atoms with Crippen molar-refractivity contribution in [3.63, 3.8) is 0 Å². The Labute approximate surface area is 161 Å². The lowest BCUT2D eigenvalue weighted by Gasteiger charge is -2.34. The quantitative estimate of drug-likeness (QED) is 0.885. The SMILES string of the molecule is CC(C)C(=O)Nc1cccc(C(=O)N2CCN(Cc3ccccc3)CC2)c1. The summed E-state index contributed by atoms with van der Waals surface area (Å²) in [4.78, 5) is 29.0. The number of amides is 2. The number of carbonyl (C=O) groups excluding carboxylic acids is 2. The number of hydrogen-bond donors (Lipinski definition) is 1. The molecule has 1 saturated heterocycles. The van der Waals surface area contributed by atoms with Crippen LogP contribution in [0.2, 0.25) is 0 Å². The van der Waals surface area contributed by atoms with Crippen LogP contribution in [0.15, 0.2) is 54.6 Å². The molecule has 0 unspecified atom stereocenters. The molecule has 142 valence electrons. The number of rotatable bonds is 5. The Morgan fingerprint density at radius 3 is 2.33 bits per heavy atom. The highest BCUT2D eigenvalue weighted by Crippen LogP contribution is 2.16. The van der Waals surface area contributed by atoms with Crippen LogP contribution < -0.4 is 5.32 Å². The molecule has 0 aliphatic carbocycles. The van der Waals surface area contributed by atoms with E-state index in [-0.39, 0.29) is 17.7 Å². The molecule has 2 aromatic carbocycles. The van der Waals surface area contributed by atoms with E-state index in [1.807, 2.05) is 43.0 Å². The van der Waals surface area contributed by atoms with Crippen LogP contribution in [0.1, 0.15) is 29.8 Å². The van der Waals surface area contributed by atoms with Crippen molar-refractivity contribution in [1.29, 1.82) is 0 Å². The molecule has 1 N–H and O–H groups in total. The summed E-state index contributed by atoms with van der Waals surface area (Å²) in [5.41, 5.74) is 2.58. The molecule has 1 fully saturated rings. The summed E-state index contributed by atoms with van der Waals surface area (Å²) >= 11 is 0. The van der Waals surface area contributed by atoms with E-state index >= 15 is 0 Å². The van der Waals surface area contributed by atoms with Gasteiger partial charge >= 0.3 is 0 Å². The van der Waals surface area contributed by atoms with E-state index < -0.39 is 0 Å². The fourth-order valence-electron chi connectivity index (χ4n) is 3.15. The van der Waals surface area contributed by atoms with Gasteiger partial charge in [0.25, 0.3) is 5.91 Å². The minimum Gasteiger partial charge on any atom is -0.336 e. The van der Waals surface area contributed by atoms with Gasteiger partial charge in [-0.15, -0.1) is 0 Å². The molecule has 5 heteroatoms. The number of carbonyl (C=O) groups is 2. The van der Waals surface area contributed by atoms with Gasteiger partial charge in [-0.3, -0.25) is 14.5 Å². The van der Waals surface area contributed by atoms with Gasteiger partial charge in [0, 0.05) is 49.9 Å². The summed E-state index contributed by atoms with van der Waals surface area (Å²) in [5.74, 6) is -0.119. The Kier molecular flexibility index (Phi) is 6.24. The second-order valence-electron chi connectivity index (χ2n) is 7.28. The highest BCUT2D eigenvalue weighted by Gasteiger charge is 2.22. The van der Waals surface area contributed by atoms with Crippen LogP contribution in [0.5, 0.6) is 0 Å². The third-order valence-corrected chi connectivity index (χ3v) is 4.81. The normalized spacial score (nSPS) is 15.0. The van der Waals surface area contributed by atoms with Crippen LogP contribution >= 0.6 is 0 Å². The minimum absolute atomic E-state index is 0.0232. The summed E-state index contributed by atoms with van der Waals surface area (Å²) in [6.07, 6.45) is 0. The lowest BCUT2D eigenvalue weighted by molar-refractivity contribution is -0.118. The zero-order valence-electron chi connectivity index (χ0n) is 16.0. The lowest BCUT2D eigenvalue weighted by atomic mass is 10.1. The maximum atomic E-state index is 12.8. The van der Waals surface area contributed by atoms with Gasteiger partial charge in [0.15, 0.2) is 0 Å². The second kappa shape index (κ2) is 8.82. The molecule has 0 saturated carbocycles. The Balaban J connectivity index is 1.57. The predicted molar refractivity (Wildman–Crippen MR) is 108 cm³/mol. The average Bonchev–Trinajstić information content (AvgIpc) is 2.69. The van der Waals surface area contributed by atoms with Crippen molar-refractivity contribution in [3.8, 4) is 0 Å². The molecular weight excluding hydrogens is 338 g/mol. The van der Waals surface area contributed by atoms with E-state index in [4.69, 9.17) is 0 Å². The molecule has 2 amide bonds. The number of anilines is 1. The summed E-state index contributed by atoms with van der Waals surface area (Å²) in [6, 6.07) is 17.6. The largest absolute Gasteiger partial charge is 0.336 e. The van der Waals surface area contributed by atoms with Gasteiger partial charge in [-0.2, -0.15) is 0 Å². The van der Waals surface area contributed by atoms with Crippen LogP contribution in [-0.2, 0) is 11.3 Å². The first kappa shape index (κ1) is 19.1. The minimum atomic E-state index is -0.0953. The molecule has 1 aliphatic heterocycles. The maximum Gasteiger partial charge on any atom is 0.254 e. The van der Waals surface area contributed by atoms with Crippen LogP contribution in [-0.4, -0.2) is 47.8 Å². The van der Waals surface area contributed by atoms with Crippen molar-refractivity contribution in [1.82, 2.24) is 9.80 Å². The molecule has 2 aromatic rings. The van der Waals surface area contributed by atoms with Gasteiger partial charge in [0.2, 0.25) is 5.91 Å². The average molecular weight is 365 g/mol. The van der Waals surface area contributed by atoms with Gasteiger partial charge in [-0.05, 0) is 23.8 Å². The van der Waals surface area contributed by atoms with Crippen LogP contribution in [0.25, 0.3) is 0 Å². The zero-order chi connectivity index (χ0) is 19.2. The van der Waals surface area contributed by atoms with Crippen molar-refractivity contribution in [3.05, 3.63) is 65.7 Å². The van der Waals surface area contributed by atoms with Gasteiger partial charge in [0.05, 0.1) is 0 Å². The van der Waals surface area contributed by atoms with Gasteiger partial charge < -0.3 is 10.2 Å². The van der Waals surface area contributed by atoms with E-state index in [0.717, 1.165) is 19.6 Å². The molecule has 0 radical (unpaired) electrons. The second-order valence-corrected chi connectivity index (χ2v) is 7.28. The van der Waals surface area contributed by atoms with E-state index in [9.17, 15) is 9.59 Å². The van der Waals surface area contributed by atoms with E-state index in [1.54, 1.807) is 6.07 Å². The maximum absolute atomic E-state index is 12.8. The van der Waals surface area contributed by atoms with Crippen LogP contribution in [0.4, 0.5) is 5.69 Å². The molecule has 0 aromatic heterocycles. The first-order chi connectivity index (χ1) is 13.0. The number of benzene rings is 2. The van der Waals surface area contributed by atoms with Gasteiger partial charge in [0.1, 0.15) is 0 Å². The number of hydrogen-bond acceptors (Lipinski definition) is 3. The Morgan fingerprint density at radius 2 is 1.67 bits per heavy atom. The molecular formula is C22H27N3O2. The smallest absolute Gasteiger partial charge is 0.254 e. The first-order valence-electron chi connectivity index (χ1n) is 9.49. The van der Waals surface area contributed by atoms with E-state index in [1.165, 1.54) is 5.56 Å². The molecule has 1 heterocycles. The number of piperazine rings is 1. The zero-order valence-corrected chi connectivity index (χ0v) is 16.0. The number of nitrogens with one attached hydrogen (secondary N) is 1. The highest BCUT2D eigenvalue weighted by atomic mass is 16.2. The molecule has 1 aliphatic rings. The fourth-order valence-corrected chi connectivity index (χ4v) is 3.15. The van der Waals surface area contributed by atoms with Crippen LogP contribution in [0.3, 0.4) is 0 Å². The Hall–Kier alpha value is -2.66. The molecule has 27 heavy (non-hydrogen) atoms. The summed E-state index contributed by atoms with van der Waals surface area (Å²) in [7, 11) is 0. The predicted octanol–water partition coefficient (Wildman–Crippen LogP) is 3.24. The Bertz CT molecular complexity index is 781. The third kappa shape index (κ3) is 5.17. The summed E-state index contributed by atoms with van der Waals surface area (Å²) < 4.78 is 0. The number of nitrogens with zero attached hydrogens (tertiary/aromatic N) is 2. The van der Waals surface area contributed by atoms with E-state index in [2.05, 4.69) is 34.5 Å². The molecule has 5 nitrogen and oxygen atoms in total. The first-order valence-corrected chi connectivity index (χ1v) is 9.49. The summed E-state index contributed by atoms with van der Waals surface area (Å²) in [6.45, 7) is 7.77. The molecule has 3 rings (SSSR count). The van der Waals surface area contributed by atoms with Gasteiger partial charge in [-0.25, -0.2) is 0 Å². The monoisotopic (exact) mass is 365 g/mol. The third-order valence-electron chi connectivity index (χ3n) is 4.81. The van der Waals surface area contributed by atoms with Crippen molar-refractivity contribution < 1.29 is 9.59 Å². The van der Waals surface area contributed by atoms with E-state index in [0.29, 0.717) is 24.3 Å². The fraction of sp³-hybridized carbons (Fsp3) is 0.364. The topological polar surface area (TPSA) is 52.7 Å². The van der Waals surface area contributed by atoms with Crippen molar-refractivity contribution in [2.24, 2.45) is 5.92 Å². The highest BCUT2D eigenvalue weighted by molar-refractivity contribution is 5.97. The molecule has 0 spiro atoms. The van der Waals surface area contributed by atoms with Crippen molar-refractivity contribution >= 4 is 17.5 Å². The van der Waals surface area contributed by atoms with Crippen molar-refractivity contribution in [2.75, 3.05) is 31.5 Å². The lowest BCUT2D eigenvalue weighted by Crippen LogP contribution is -2.48. The Morgan fingerprint density at radius 1 is 0.963 bits per heavy atom. The summed E-state index contributed by atoms with van der Waals surface area (Å²) in [5, 5.41) is 2.86. The molecule has 0 atom stereocenters. The van der Waals surface area contributed by atoms with Crippen LogP contribution in [0, 0.1) is 5.92 Å². The van der Waals surface area contributed by atoms with Crippen molar-refractivity contribution in [2.45, 2.75) is 20.4 Å². The standard InChI is InChI=1S/C22H27N3O2/c1-17(2)21(26)23-20-10-6-9-19(15-20)22(27)25-13-11-24(12-14-25)16-18-7-4-3-5-8-18/h3-10,15,17H,11-14,16H2,1-2H3,(H,23,26). The molecule has 0 bridgehead atoms. The van der Waals surface area contributed by atoms with Gasteiger partial charge in [-0.1, -0.05) is 50.2 Å².